The molecule has 1 aromatic rings. The Hall–Kier alpha value is -2.97. The SMILES string of the molecule is COC(=O)[C@@H](O[C@@H]1O[C@H](CO)[C@@H](O)[C@H](O)[C@H]1OC(=O)c1ccccc1)[C@@]1(O)CC[C@H]2[C@@H]3CCC4=CC(=O)C=C[C@]4(C)[C@H]3[C@@H](O)C[C@@]21C. The van der Waals surface area contributed by atoms with Crippen LogP contribution in [0.5, 0.6) is 0 Å². The number of fused-ring (bicyclic) bond motifs is 5. The van der Waals surface area contributed by atoms with Crippen LogP contribution in [0.4, 0.5) is 0 Å². The van der Waals surface area contributed by atoms with Crippen LogP contribution in [0.15, 0.2) is 54.1 Å². The normalized spacial score (nSPS) is 43.2. The molecule has 12 heteroatoms. The molecule has 0 spiro atoms. The summed E-state index contributed by atoms with van der Waals surface area (Å²) in [6.07, 6.45) is -3.60. The zero-order valence-electron chi connectivity index (χ0n) is 26.7. The molecule has 1 saturated heterocycles. The molecule has 4 aliphatic carbocycles. The van der Waals surface area contributed by atoms with Crippen molar-refractivity contribution in [3.63, 3.8) is 0 Å². The van der Waals surface area contributed by atoms with Crippen molar-refractivity contribution in [2.75, 3.05) is 13.7 Å². The number of ketones is 1. The third kappa shape index (κ3) is 5.38. The van der Waals surface area contributed by atoms with E-state index in [4.69, 9.17) is 18.9 Å². The Bertz CT molecular complexity index is 1440. The van der Waals surface area contributed by atoms with Gasteiger partial charge in [-0.25, -0.2) is 9.59 Å². The number of methoxy groups -OCH3 is 1. The largest absolute Gasteiger partial charge is 0.467 e. The molecule has 4 fully saturated rings. The first-order chi connectivity index (χ1) is 22.3. The van der Waals surface area contributed by atoms with E-state index in [1.807, 2.05) is 19.9 Å². The Balaban J connectivity index is 1.32. The highest BCUT2D eigenvalue weighted by atomic mass is 16.7. The summed E-state index contributed by atoms with van der Waals surface area (Å²) in [5.41, 5.74) is -2.36. The maximum atomic E-state index is 13.5. The van der Waals surface area contributed by atoms with E-state index in [0.29, 0.717) is 19.3 Å². The van der Waals surface area contributed by atoms with Gasteiger partial charge in [-0.1, -0.05) is 43.7 Å². The standard InChI is InChI=1S/C35H44O12/c1-33-13-11-20(37)15-19(33)9-10-21-22-12-14-35(43,34(22,2)16-23(38)25(21)33)29(31(42)44-3)47-32-28(27(40)26(39)24(17-36)45-32)46-30(41)18-7-5-4-6-8-18/h4-8,11,13,15,21-29,32,36,38-40,43H,9-10,12,14,16-17H2,1-3H3/t21-,22-,23-,24+,25+,26+,27-,28+,29+,32-,33-,34-,35-/m0/s1. The Labute approximate surface area is 273 Å². The van der Waals surface area contributed by atoms with E-state index >= 15 is 0 Å². The molecule has 1 aliphatic heterocycles. The molecule has 3 saturated carbocycles. The zero-order chi connectivity index (χ0) is 33.9. The minimum absolute atomic E-state index is 0.0441. The molecule has 5 aliphatic rings. The number of rotatable bonds is 7. The van der Waals surface area contributed by atoms with Crippen LogP contribution in [-0.2, 0) is 28.5 Å². The summed E-state index contributed by atoms with van der Waals surface area (Å²) in [6, 6.07) is 7.92. The van der Waals surface area contributed by atoms with Gasteiger partial charge in [0.05, 0.1) is 25.4 Å². The van der Waals surface area contributed by atoms with Crippen LogP contribution < -0.4 is 0 Å². The fourth-order valence-corrected chi connectivity index (χ4v) is 9.46. The van der Waals surface area contributed by atoms with Gasteiger partial charge in [0.25, 0.3) is 0 Å². The van der Waals surface area contributed by atoms with E-state index in [1.54, 1.807) is 30.4 Å². The topological polar surface area (TPSA) is 189 Å². The van der Waals surface area contributed by atoms with Gasteiger partial charge in [0, 0.05) is 16.7 Å². The Morgan fingerprint density at radius 1 is 1.09 bits per heavy atom. The van der Waals surface area contributed by atoms with Crippen LogP contribution in [0.25, 0.3) is 0 Å². The quantitative estimate of drug-likeness (QED) is 0.264. The molecule has 1 aromatic carbocycles. The van der Waals surface area contributed by atoms with Crippen LogP contribution in [0, 0.1) is 28.6 Å². The molecule has 1 heterocycles. The van der Waals surface area contributed by atoms with Crippen molar-refractivity contribution in [1.29, 1.82) is 0 Å². The lowest BCUT2D eigenvalue weighted by molar-refractivity contribution is -0.327. The molecule has 5 N–H and O–H groups in total. The van der Waals surface area contributed by atoms with E-state index < -0.39 is 77.9 Å². The van der Waals surface area contributed by atoms with Crippen LogP contribution >= 0.6 is 0 Å². The highest BCUT2D eigenvalue weighted by molar-refractivity contribution is 6.01. The second-order valence-electron chi connectivity index (χ2n) is 14.2. The second-order valence-corrected chi connectivity index (χ2v) is 14.2. The molecule has 47 heavy (non-hydrogen) atoms. The number of aliphatic hydroxyl groups excluding tert-OH is 4. The fourth-order valence-electron chi connectivity index (χ4n) is 9.46. The van der Waals surface area contributed by atoms with Crippen molar-refractivity contribution in [2.24, 2.45) is 28.6 Å². The Morgan fingerprint density at radius 2 is 1.81 bits per heavy atom. The number of esters is 2. The Kier molecular flexibility index (Phi) is 9.01. The molecule has 0 bridgehead atoms. The molecule has 0 aromatic heterocycles. The molecule has 0 unspecified atom stereocenters. The van der Waals surface area contributed by atoms with Gasteiger partial charge in [-0.05, 0) is 68.2 Å². The number of hydrogen-bond donors (Lipinski definition) is 5. The lowest BCUT2D eigenvalue weighted by Gasteiger charge is -2.60. The lowest BCUT2D eigenvalue weighted by Crippen LogP contribution is -2.66. The number of hydrogen-bond acceptors (Lipinski definition) is 12. The number of benzene rings is 1. The maximum absolute atomic E-state index is 13.5. The molecule has 12 nitrogen and oxygen atoms in total. The maximum Gasteiger partial charge on any atom is 0.338 e. The summed E-state index contributed by atoms with van der Waals surface area (Å²) < 4.78 is 22.7. The molecule has 13 atom stereocenters. The summed E-state index contributed by atoms with van der Waals surface area (Å²) in [6.45, 7) is 3.15. The average molecular weight is 657 g/mol. The molecule has 6 rings (SSSR count). The first-order valence-electron chi connectivity index (χ1n) is 16.3. The Morgan fingerprint density at radius 3 is 2.49 bits per heavy atom. The summed E-state index contributed by atoms with van der Waals surface area (Å²) in [4.78, 5) is 38.8. The molecular formula is C35H44O12. The number of allylic oxidation sites excluding steroid dienone is 4. The highest BCUT2D eigenvalue weighted by Crippen LogP contribution is 2.67. The van der Waals surface area contributed by atoms with Gasteiger partial charge in [0.15, 0.2) is 24.3 Å². The monoisotopic (exact) mass is 656 g/mol. The van der Waals surface area contributed by atoms with Gasteiger partial charge < -0.3 is 44.5 Å². The highest BCUT2D eigenvalue weighted by Gasteiger charge is 2.70. The van der Waals surface area contributed by atoms with E-state index in [0.717, 1.165) is 12.7 Å². The summed E-state index contributed by atoms with van der Waals surface area (Å²) >= 11 is 0. The van der Waals surface area contributed by atoms with Gasteiger partial charge in [-0.3, -0.25) is 4.79 Å². The van der Waals surface area contributed by atoms with Crippen molar-refractivity contribution >= 4 is 17.7 Å². The van der Waals surface area contributed by atoms with E-state index in [-0.39, 0.29) is 41.9 Å². The predicted molar refractivity (Wildman–Crippen MR) is 163 cm³/mol. The van der Waals surface area contributed by atoms with Crippen LogP contribution in [0.2, 0.25) is 0 Å². The van der Waals surface area contributed by atoms with Gasteiger partial charge in [-0.15, -0.1) is 0 Å². The molecule has 0 radical (unpaired) electrons. The smallest absolute Gasteiger partial charge is 0.338 e. The molecule has 0 amide bonds. The van der Waals surface area contributed by atoms with E-state index in [2.05, 4.69) is 0 Å². The first kappa shape index (κ1) is 33.9. The van der Waals surface area contributed by atoms with Gasteiger partial charge in [0.2, 0.25) is 0 Å². The van der Waals surface area contributed by atoms with E-state index in [9.17, 15) is 39.9 Å². The zero-order valence-corrected chi connectivity index (χ0v) is 26.7. The van der Waals surface area contributed by atoms with Crippen LogP contribution in [0.1, 0.15) is 56.3 Å². The minimum atomic E-state index is -1.90. The second kappa shape index (κ2) is 12.5. The van der Waals surface area contributed by atoms with E-state index in [1.165, 1.54) is 12.1 Å². The average Bonchev–Trinajstić information content (AvgIpc) is 3.32. The summed E-state index contributed by atoms with van der Waals surface area (Å²) in [7, 11) is 1.14. The summed E-state index contributed by atoms with van der Waals surface area (Å²) in [5.74, 6) is -2.27. The van der Waals surface area contributed by atoms with Crippen molar-refractivity contribution < 1.29 is 58.9 Å². The number of ether oxygens (including phenoxy) is 4. The van der Waals surface area contributed by atoms with Crippen molar-refractivity contribution in [3.8, 4) is 0 Å². The van der Waals surface area contributed by atoms with Crippen LogP contribution in [-0.4, -0.2) is 105 Å². The molecule has 256 valence electrons. The number of carbonyl (C=O) groups excluding carboxylic acids is 3. The fraction of sp³-hybridized carbons (Fsp3) is 0.629. The van der Waals surface area contributed by atoms with Gasteiger partial charge >= 0.3 is 11.9 Å². The van der Waals surface area contributed by atoms with Gasteiger partial charge in [-0.2, -0.15) is 0 Å². The number of aliphatic hydroxyl groups is 5. The predicted octanol–water partition coefficient (Wildman–Crippen LogP) is 1.22. The minimum Gasteiger partial charge on any atom is -0.467 e. The van der Waals surface area contributed by atoms with Crippen molar-refractivity contribution in [1.82, 2.24) is 0 Å². The number of carbonyl (C=O) groups is 3. The van der Waals surface area contributed by atoms with Crippen LogP contribution in [0.3, 0.4) is 0 Å². The first-order valence-corrected chi connectivity index (χ1v) is 16.3. The summed E-state index contributed by atoms with van der Waals surface area (Å²) in [5, 5.41) is 56.0. The molecular weight excluding hydrogens is 612 g/mol. The van der Waals surface area contributed by atoms with Gasteiger partial charge in [0.1, 0.15) is 23.9 Å². The third-order valence-corrected chi connectivity index (χ3v) is 11.9. The third-order valence-electron chi connectivity index (χ3n) is 11.9. The lowest BCUT2D eigenvalue weighted by atomic mass is 9.46. The van der Waals surface area contributed by atoms with Crippen molar-refractivity contribution in [3.05, 3.63) is 59.7 Å². The van der Waals surface area contributed by atoms with Crippen molar-refractivity contribution in [2.45, 2.75) is 94.5 Å².